The lowest BCUT2D eigenvalue weighted by atomic mass is 9.93. The number of allylic oxidation sites excluding steroid dienone is 3. The maximum absolute atomic E-state index is 5.14. The second-order valence-corrected chi connectivity index (χ2v) is 3.22. The normalized spacial score (nSPS) is 13.0. The average molecular weight is 140 g/mol. The molecule has 0 aromatic rings. The van der Waals surface area contributed by atoms with Gasteiger partial charge in [0, 0.05) is 5.41 Å². The molecule has 0 rings (SSSR count). The van der Waals surface area contributed by atoms with E-state index < -0.39 is 0 Å². The summed E-state index contributed by atoms with van der Waals surface area (Å²) in [4.78, 5) is 0. The summed E-state index contributed by atoms with van der Waals surface area (Å²) in [6.45, 7) is 9.91. The molecule has 10 heavy (non-hydrogen) atoms. The van der Waals surface area contributed by atoms with Crippen molar-refractivity contribution >= 4 is 0 Å². The summed E-state index contributed by atoms with van der Waals surface area (Å²) in [5.41, 5.74) is 0.0862. The Morgan fingerprint density at radius 2 is 1.90 bits per heavy atom. The van der Waals surface area contributed by atoms with E-state index in [1.54, 1.807) is 13.2 Å². The Hall–Kier alpha value is -0.720. The van der Waals surface area contributed by atoms with E-state index in [0.29, 0.717) is 0 Å². The van der Waals surface area contributed by atoms with Crippen LogP contribution in [0.5, 0.6) is 0 Å². The van der Waals surface area contributed by atoms with Crippen LogP contribution in [0, 0.1) is 5.41 Å². The molecule has 0 radical (unpaired) electrons. The van der Waals surface area contributed by atoms with Crippen molar-refractivity contribution in [1.29, 1.82) is 0 Å². The van der Waals surface area contributed by atoms with Gasteiger partial charge in [-0.05, 0) is 6.08 Å². The molecule has 0 bridgehead atoms. The van der Waals surface area contributed by atoms with Gasteiger partial charge in [0.1, 0.15) is 5.76 Å². The van der Waals surface area contributed by atoms with Crippen LogP contribution < -0.4 is 0 Å². The zero-order chi connectivity index (χ0) is 8.20. The van der Waals surface area contributed by atoms with Crippen LogP contribution >= 0.6 is 0 Å². The van der Waals surface area contributed by atoms with Gasteiger partial charge in [-0.25, -0.2) is 0 Å². The van der Waals surface area contributed by atoms with Crippen LogP contribution in [0.25, 0.3) is 0 Å². The van der Waals surface area contributed by atoms with Crippen LogP contribution in [0.3, 0.4) is 0 Å². The van der Waals surface area contributed by atoms with Gasteiger partial charge in [-0.2, -0.15) is 0 Å². The van der Waals surface area contributed by atoms with Gasteiger partial charge in [-0.3, -0.25) is 0 Å². The fourth-order valence-corrected chi connectivity index (χ4v) is 0.731. The van der Waals surface area contributed by atoms with Crippen molar-refractivity contribution in [1.82, 2.24) is 0 Å². The average Bonchev–Trinajstić information content (AvgIpc) is 1.80. The standard InChI is InChI=1S/C9H16O/c1-6-7-8(10-5)9(2,3)4/h6-7H,1H2,2-5H3/b8-7-. The van der Waals surface area contributed by atoms with Gasteiger partial charge in [0.2, 0.25) is 0 Å². The van der Waals surface area contributed by atoms with Crippen LogP contribution in [0.2, 0.25) is 0 Å². The third-order valence-electron chi connectivity index (χ3n) is 1.23. The molecule has 0 saturated carbocycles. The molecular weight excluding hydrogens is 124 g/mol. The van der Waals surface area contributed by atoms with Gasteiger partial charge in [0.25, 0.3) is 0 Å². The lowest BCUT2D eigenvalue weighted by Gasteiger charge is -2.20. The van der Waals surface area contributed by atoms with E-state index in [1.807, 2.05) is 6.08 Å². The maximum Gasteiger partial charge on any atom is 0.101 e. The first-order valence-corrected chi connectivity index (χ1v) is 3.39. The molecule has 0 aromatic heterocycles. The van der Waals surface area contributed by atoms with Crippen LogP contribution in [0.1, 0.15) is 20.8 Å². The van der Waals surface area contributed by atoms with Crippen LogP contribution in [0.15, 0.2) is 24.5 Å². The van der Waals surface area contributed by atoms with Crippen molar-refractivity contribution in [2.75, 3.05) is 7.11 Å². The largest absolute Gasteiger partial charge is 0.501 e. The van der Waals surface area contributed by atoms with E-state index in [0.717, 1.165) is 5.76 Å². The molecule has 0 aliphatic heterocycles. The molecule has 0 aromatic carbocycles. The first-order valence-electron chi connectivity index (χ1n) is 3.39. The summed E-state index contributed by atoms with van der Waals surface area (Å²) >= 11 is 0. The summed E-state index contributed by atoms with van der Waals surface area (Å²) in [7, 11) is 1.68. The molecule has 0 saturated heterocycles. The molecule has 1 heteroatoms. The highest BCUT2D eigenvalue weighted by molar-refractivity contribution is 5.10. The molecule has 0 spiro atoms. The van der Waals surface area contributed by atoms with E-state index in [-0.39, 0.29) is 5.41 Å². The molecule has 0 amide bonds. The molecular formula is C9H16O. The quantitative estimate of drug-likeness (QED) is 0.423. The van der Waals surface area contributed by atoms with Crippen LogP contribution in [0.4, 0.5) is 0 Å². The Morgan fingerprint density at radius 1 is 1.40 bits per heavy atom. The maximum atomic E-state index is 5.14. The monoisotopic (exact) mass is 140 g/mol. The first-order chi connectivity index (χ1) is 4.52. The Morgan fingerprint density at radius 3 is 2.00 bits per heavy atom. The van der Waals surface area contributed by atoms with Crippen LogP contribution in [-0.2, 0) is 4.74 Å². The Labute approximate surface area is 63.4 Å². The van der Waals surface area contributed by atoms with Crippen molar-refractivity contribution in [3.8, 4) is 0 Å². The van der Waals surface area contributed by atoms with E-state index in [9.17, 15) is 0 Å². The highest BCUT2D eigenvalue weighted by Crippen LogP contribution is 2.24. The van der Waals surface area contributed by atoms with Gasteiger partial charge in [0.05, 0.1) is 7.11 Å². The molecule has 0 heterocycles. The van der Waals surface area contributed by atoms with Gasteiger partial charge in [-0.1, -0.05) is 33.4 Å². The molecule has 0 atom stereocenters. The molecule has 0 aliphatic carbocycles. The van der Waals surface area contributed by atoms with Gasteiger partial charge < -0.3 is 4.74 Å². The van der Waals surface area contributed by atoms with E-state index in [2.05, 4.69) is 27.4 Å². The van der Waals surface area contributed by atoms with E-state index >= 15 is 0 Å². The smallest absolute Gasteiger partial charge is 0.101 e. The van der Waals surface area contributed by atoms with Gasteiger partial charge in [-0.15, -0.1) is 0 Å². The minimum absolute atomic E-state index is 0.0862. The summed E-state index contributed by atoms with van der Waals surface area (Å²) in [5, 5.41) is 0. The number of hydrogen-bond donors (Lipinski definition) is 0. The summed E-state index contributed by atoms with van der Waals surface area (Å²) in [5.74, 6) is 0.961. The number of methoxy groups -OCH3 is 1. The van der Waals surface area contributed by atoms with E-state index in [1.165, 1.54) is 0 Å². The topological polar surface area (TPSA) is 9.23 Å². The number of rotatable bonds is 2. The molecule has 0 unspecified atom stereocenters. The summed E-state index contributed by atoms with van der Waals surface area (Å²) in [6.07, 6.45) is 3.63. The first kappa shape index (κ1) is 9.28. The fourth-order valence-electron chi connectivity index (χ4n) is 0.731. The zero-order valence-electron chi connectivity index (χ0n) is 7.27. The Balaban J connectivity index is 4.35. The third kappa shape index (κ3) is 2.72. The van der Waals surface area contributed by atoms with E-state index in [4.69, 9.17) is 4.74 Å². The van der Waals surface area contributed by atoms with Crippen molar-refractivity contribution in [2.24, 2.45) is 5.41 Å². The third-order valence-corrected chi connectivity index (χ3v) is 1.23. The molecule has 0 aliphatic rings. The van der Waals surface area contributed by atoms with Crippen molar-refractivity contribution < 1.29 is 4.74 Å². The minimum Gasteiger partial charge on any atom is -0.501 e. The highest BCUT2D eigenvalue weighted by Gasteiger charge is 2.16. The number of ether oxygens (including phenoxy) is 1. The molecule has 1 nitrogen and oxygen atoms in total. The minimum atomic E-state index is 0.0862. The second kappa shape index (κ2) is 3.45. The number of hydrogen-bond acceptors (Lipinski definition) is 1. The fraction of sp³-hybridized carbons (Fsp3) is 0.556. The Bertz CT molecular complexity index is 137. The molecule has 0 fully saturated rings. The highest BCUT2D eigenvalue weighted by atomic mass is 16.5. The lowest BCUT2D eigenvalue weighted by molar-refractivity contribution is 0.206. The predicted molar refractivity (Wildman–Crippen MR) is 44.7 cm³/mol. The predicted octanol–water partition coefficient (Wildman–Crippen LogP) is 2.75. The summed E-state index contributed by atoms with van der Waals surface area (Å²) in [6, 6.07) is 0. The van der Waals surface area contributed by atoms with Gasteiger partial charge in [0.15, 0.2) is 0 Å². The van der Waals surface area contributed by atoms with Gasteiger partial charge >= 0.3 is 0 Å². The summed E-state index contributed by atoms with van der Waals surface area (Å²) < 4.78 is 5.14. The van der Waals surface area contributed by atoms with Crippen molar-refractivity contribution in [2.45, 2.75) is 20.8 Å². The molecule has 0 N–H and O–H groups in total. The SMILES string of the molecule is C=C/C=C(\OC)C(C)(C)C. The second-order valence-electron chi connectivity index (χ2n) is 3.22. The Kier molecular flexibility index (Phi) is 3.20. The molecule has 58 valence electrons. The zero-order valence-corrected chi connectivity index (χ0v) is 7.27. The lowest BCUT2D eigenvalue weighted by Crippen LogP contribution is -2.10. The van der Waals surface area contributed by atoms with Crippen molar-refractivity contribution in [3.63, 3.8) is 0 Å². The van der Waals surface area contributed by atoms with Crippen molar-refractivity contribution in [3.05, 3.63) is 24.5 Å². The van der Waals surface area contributed by atoms with Crippen LogP contribution in [-0.4, -0.2) is 7.11 Å².